The van der Waals surface area contributed by atoms with Crippen molar-refractivity contribution in [3.63, 3.8) is 0 Å². The molecule has 0 aliphatic carbocycles. The molecule has 0 fully saturated rings. The molecule has 0 saturated heterocycles. The highest BCUT2D eigenvalue weighted by molar-refractivity contribution is 7.98. The van der Waals surface area contributed by atoms with Crippen LogP contribution in [0.1, 0.15) is 12.5 Å². The van der Waals surface area contributed by atoms with Crippen LogP contribution < -0.4 is 5.32 Å². The topological polar surface area (TPSA) is 55.2 Å². The van der Waals surface area contributed by atoms with Gasteiger partial charge in [0, 0.05) is 40.0 Å². The van der Waals surface area contributed by atoms with Crippen LogP contribution in [0.25, 0.3) is 0 Å². The van der Waals surface area contributed by atoms with E-state index in [9.17, 15) is 10.1 Å². The summed E-state index contributed by atoms with van der Waals surface area (Å²) < 4.78 is 0. The fourth-order valence-corrected chi connectivity index (χ4v) is 2.89. The molecule has 0 heterocycles. The Kier molecular flexibility index (Phi) is 5.47. The van der Waals surface area contributed by atoms with Gasteiger partial charge in [0.25, 0.3) is 5.69 Å². The molecule has 0 aliphatic heterocycles. The van der Waals surface area contributed by atoms with Gasteiger partial charge in [-0.25, -0.2) is 0 Å². The average Bonchev–Trinajstić information content (AvgIpc) is 2.47. The Hall–Kier alpha value is -1.72. The summed E-state index contributed by atoms with van der Waals surface area (Å²) in [7, 11) is 0. The highest BCUT2D eigenvalue weighted by Gasteiger charge is 2.10. The van der Waals surface area contributed by atoms with Crippen molar-refractivity contribution in [3.8, 4) is 0 Å². The number of thioether (sulfide) groups is 1. The van der Waals surface area contributed by atoms with Crippen LogP contribution in [0.3, 0.4) is 0 Å². The zero-order chi connectivity index (χ0) is 15.2. The Morgan fingerprint density at radius 3 is 2.57 bits per heavy atom. The van der Waals surface area contributed by atoms with Crippen molar-refractivity contribution < 1.29 is 4.92 Å². The Morgan fingerprint density at radius 1 is 1.24 bits per heavy atom. The molecule has 0 atom stereocenters. The van der Waals surface area contributed by atoms with Crippen LogP contribution in [0.15, 0.2) is 47.4 Å². The number of benzene rings is 2. The van der Waals surface area contributed by atoms with Gasteiger partial charge in [-0.3, -0.25) is 10.1 Å². The van der Waals surface area contributed by atoms with E-state index in [0.29, 0.717) is 5.02 Å². The molecule has 0 saturated carbocycles. The van der Waals surface area contributed by atoms with Gasteiger partial charge < -0.3 is 5.32 Å². The molecule has 0 bridgehead atoms. The molecule has 0 spiro atoms. The van der Waals surface area contributed by atoms with Crippen molar-refractivity contribution in [2.75, 3.05) is 11.9 Å². The minimum atomic E-state index is -0.368. The van der Waals surface area contributed by atoms with Gasteiger partial charge in [-0.15, -0.1) is 11.8 Å². The quantitative estimate of drug-likeness (QED) is 0.463. The summed E-state index contributed by atoms with van der Waals surface area (Å²) in [5, 5.41) is 14.8. The maximum atomic E-state index is 11.0. The lowest BCUT2D eigenvalue weighted by atomic mass is 10.2. The second kappa shape index (κ2) is 7.33. The van der Waals surface area contributed by atoms with E-state index >= 15 is 0 Å². The second-order valence-corrected chi connectivity index (χ2v) is 5.90. The smallest absolute Gasteiger partial charge is 0.272 e. The van der Waals surface area contributed by atoms with Crippen molar-refractivity contribution in [1.29, 1.82) is 0 Å². The first-order chi connectivity index (χ1) is 10.1. The summed E-state index contributed by atoms with van der Waals surface area (Å²) in [6.45, 7) is 2.68. The van der Waals surface area contributed by atoms with Crippen molar-refractivity contribution in [2.45, 2.75) is 17.6 Å². The first-order valence-electron chi connectivity index (χ1n) is 6.49. The van der Waals surface area contributed by atoms with E-state index in [1.807, 2.05) is 37.3 Å². The molecule has 21 heavy (non-hydrogen) atoms. The molecule has 110 valence electrons. The number of anilines is 1. The molecule has 0 unspecified atom stereocenters. The molecule has 0 aliphatic rings. The van der Waals surface area contributed by atoms with E-state index < -0.39 is 0 Å². The number of halogens is 1. The zero-order valence-electron chi connectivity index (χ0n) is 11.5. The van der Waals surface area contributed by atoms with Gasteiger partial charge >= 0.3 is 0 Å². The Balaban J connectivity index is 2.14. The van der Waals surface area contributed by atoms with Gasteiger partial charge in [-0.1, -0.05) is 23.7 Å². The summed E-state index contributed by atoms with van der Waals surface area (Å²) in [6, 6.07) is 12.7. The summed E-state index contributed by atoms with van der Waals surface area (Å²) in [4.78, 5) is 11.5. The number of nitro benzene ring substituents is 1. The molecular formula is C15H15ClN2O2S. The summed E-state index contributed by atoms with van der Waals surface area (Å²) in [5.74, 6) is 0.740. The zero-order valence-corrected chi connectivity index (χ0v) is 13.1. The molecule has 4 nitrogen and oxygen atoms in total. The predicted octanol–water partition coefficient (Wildman–Crippen LogP) is 4.97. The lowest BCUT2D eigenvalue weighted by molar-refractivity contribution is -0.385. The summed E-state index contributed by atoms with van der Waals surface area (Å²) >= 11 is 7.41. The van der Waals surface area contributed by atoms with Gasteiger partial charge in [0.1, 0.15) is 0 Å². The van der Waals surface area contributed by atoms with E-state index in [1.165, 1.54) is 0 Å². The molecule has 0 amide bonds. The SMILES string of the molecule is CCNc1cc(SCc2ccc(Cl)cc2)cc([N+](=O)[O-])c1. The van der Waals surface area contributed by atoms with Crippen LogP contribution in [-0.4, -0.2) is 11.5 Å². The van der Waals surface area contributed by atoms with E-state index in [-0.39, 0.29) is 10.6 Å². The standard InChI is InChI=1S/C15H15ClN2O2S/c1-2-17-13-7-14(18(19)20)9-15(8-13)21-10-11-3-5-12(16)6-4-11/h3-9,17H,2,10H2,1H3. The number of nitrogens with zero attached hydrogens (tertiary/aromatic N) is 1. The molecular weight excluding hydrogens is 308 g/mol. The first-order valence-corrected chi connectivity index (χ1v) is 7.85. The second-order valence-electron chi connectivity index (χ2n) is 4.42. The first kappa shape index (κ1) is 15.7. The third-order valence-electron chi connectivity index (χ3n) is 2.80. The number of hydrogen-bond donors (Lipinski definition) is 1. The third-order valence-corrected chi connectivity index (χ3v) is 4.10. The maximum absolute atomic E-state index is 11.0. The third kappa shape index (κ3) is 4.65. The highest BCUT2D eigenvalue weighted by Crippen LogP contribution is 2.30. The van der Waals surface area contributed by atoms with E-state index in [4.69, 9.17) is 11.6 Å². The normalized spacial score (nSPS) is 10.4. The van der Waals surface area contributed by atoms with E-state index in [1.54, 1.807) is 23.9 Å². The van der Waals surface area contributed by atoms with Crippen LogP contribution in [0, 0.1) is 10.1 Å². The Labute approximate surface area is 132 Å². The van der Waals surface area contributed by atoms with Crippen LogP contribution >= 0.6 is 23.4 Å². The van der Waals surface area contributed by atoms with E-state index in [0.717, 1.165) is 28.4 Å². The Bertz CT molecular complexity index is 632. The minimum absolute atomic E-state index is 0.104. The lowest BCUT2D eigenvalue weighted by Crippen LogP contribution is -1.98. The fourth-order valence-electron chi connectivity index (χ4n) is 1.83. The number of rotatable bonds is 6. The summed E-state index contributed by atoms with van der Waals surface area (Å²) in [5.41, 5.74) is 2.00. The molecule has 6 heteroatoms. The van der Waals surface area contributed by atoms with Crippen LogP contribution in [-0.2, 0) is 5.75 Å². The molecule has 2 aromatic rings. The number of non-ortho nitro benzene ring substituents is 1. The van der Waals surface area contributed by atoms with Crippen LogP contribution in [0.5, 0.6) is 0 Å². The molecule has 0 aromatic heterocycles. The van der Waals surface area contributed by atoms with Gasteiger partial charge in [0.2, 0.25) is 0 Å². The van der Waals surface area contributed by atoms with Crippen molar-refractivity contribution in [3.05, 3.63) is 63.2 Å². The predicted molar refractivity (Wildman–Crippen MR) is 88.3 cm³/mol. The monoisotopic (exact) mass is 322 g/mol. The minimum Gasteiger partial charge on any atom is -0.385 e. The van der Waals surface area contributed by atoms with Gasteiger partial charge in [-0.05, 0) is 30.7 Å². The van der Waals surface area contributed by atoms with Gasteiger partial charge in [0.15, 0.2) is 0 Å². The number of nitro groups is 1. The molecule has 2 aromatic carbocycles. The Morgan fingerprint density at radius 2 is 1.95 bits per heavy atom. The van der Waals surface area contributed by atoms with Gasteiger partial charge in [-0.2, -0.15) is 0 Å². The maximum Gasteiger partial charge on any atom is 0.272 e. The number of hydrogen-bond acceptors (Lipinski definition) is 4. The van der Waals surface area contributed by atoms with Crippen LogP contribution in [0.4, 0.5) is 11.4 Å². The average molecular weight is 323 g/mol. The summed E-state index contributed by atoms with van der Waals surface area (Å²) in [6.07, 6.45) is 0. The number of nitrogens with one attached hydrogen (secondary N) is 1. The highest BCUT2D eigenvalue weighted by atomic mass is 35.5. The van der Waals surface area contributed by atoms with Gasteiger partial charge in [0.05, 0.1) is 4.92 Å². The molecule has 2 rings (SSSR count). The van der Waals surface area contributed by atoms with Crippen molar-refractivity contribution in [2.24, 2.45) is 0 Å². The largest absolute Gasteiger partial charge is 0.385 e. The van der Waals surface area contributed by atoms with E-state index in [2.05, 4.69) is 5.32 Å². The molecule has 1 N–H and O–H groups in total. The van der Waals surface area contributed by atoms with Crippen molar-refractivity contribution >= 4 is 34.7 Å². The van der Waals surface area contributed by atoms with Crippen LogP contribution in [0.2, 0.25) is 5.02 Å². The fraction of sp³-hybridized carbons (Fsp3) is 0.200. The lowest BCUT2D eigenvalue weighted by Gasteiger charge is -2.07. The van der Waals surface area contributed by atoms with Crippen molar-refractivity contribution in [1.82, 2.24) is 0 Å². The molecule has 0 radical (unpaired) electrons.